The van der Waals surface area contributed by atoms with E-state index < -0.39 is 5.97 Å². The summed E-state index contributed by atoms with van der Waals surface area (Å²) < 4.78 is 5.17. The van der Waals surface area contributed by atoms with Crippen molar-refractivity contribution >= 4 is 23.2 Å². The molecule has 1 amide bonds. The molecule has 24 heavy (non-hydrogen) atoms. The number of benzene rings is 1. The molecule has 0 aliphatic heterocycles. The fraction of sp³-hybridized carbons (Fsp3) is 0.368. The van der Waals surface area contributed by atoms with Crippen LogP contribution in [0.15, 0.2) is 30.3 Å². The summed E-state index contributed by atoms with van der Waals surface area (Å²) >= 11 is 1.55. The van der Waals surface area contributed by atoms with Gasteiger partial charge in [0.15, 0.2) is 6.61 Å². The van der Waals surface area contributed by atoms with Crippen LogP contribution in [0.2, 0.25) is 0 Å². The van der Waals surface area contributed by atoms with E-state index in [1.54, 1.807) is 17.4 Å². The fourth-order valence-corrected chi connectivity index (χ4v) is 4.09. The molecule has 0 saturated carbocycles. The molecule has 0 unspecified atom stereocenters. The van der Waals surface area contributed by atoms with Crippen molar-refractivity contribution < 1.29 is 14.3 Å². The van der Waals surface area contributed by atoms with Crippen molar-refractivity contribution in [3.8, 4) is 0 Å². The summed E-state index contributed by atoms with van der Waals surface area (Å²) in [4.78, 5) is 26.2. The number of fused-ring (bicyclic) bond motifs is 1. The molecule has 2 aromatic rings. The largest absolute Gasteiger partial charge is 0.452 e. The summed E-state index contributed by atoms with van der Waals surface area (Å²) in [6.07, 6.45) is 3.02. The fourth-order valence-electron chi connectivity index (χ4n) is 3.18. The second kappa shape index (κ2) is 7.18. The Morgan fingerprint density at radius 2 is 2.08 bits per heavy atom. The van der Waals surface area contributed by atoms with Gasteiger partial charge in [-0.2, -0.15) is 0 Å². The van der Waals surface area contributed by atoms with Gasteiger partial charge in [-0.15, -0.1) is 11.3 Å². The molecule has 1 atom stereocenters. The third kappa shape index (κ3) is 3.67. The Morgan fingerprint density at radius 1 is 1.29 bits per heavy atom. The van der Waals surface area contributed by atoms with Crippen molar-refractivity contribution in [2.45, 2.75) is 39.2 Å². The van der Waals surface area contributed by atoms with Crippen molar-refractivity contribution in [2.75, 3.05) is 6.61 Å². The molecule has 0 spiro atoms. The Hall–Kier alpha value is -2.14. The van der Waals surface area contributed by atoms with Gasteiger partial charge in [0, 0.05) is 9.75 Å². The lowest BCUT2D eigenvalue weighted by Gasteiger charge is -2.26. The topological polar surface area (TPSA) is 55.4 Å². The minimum atomic E-state index is -0.434. The first-order valence-corrected chi connectivity index (χ1v) is 8.97. The lowest BCUT2D eigenvalue weighted by molar-refractivity contribution is -0.125. The second-order valence-corrected chi connectivity index (χ2v) is 7.57. The normalized spacial score (nSPS) is 16.3. The van der Waals surface area contributed by atoms with Gasteiger partial charge < -0.3 is 10.1 Å². The number of esters is 1. The molecular formula is C19H21NO3S. The summed E-state index contributed by atoms with van der Waals surface area (Å²) in [5.74, 6) is -0.689. The van der Waals surface area contributed by atoms with Crippen LogP contribution in [0.4, 0.5) is 0 Å². The Kier molecular flexibility index (Phi) is 5.00. The zero-order valence-electron chi connectivity index (χ0n) is 13.9. The van der Waals surface area contributed by atoms with Gasteiger partial charge in [-0.05, 0) is 50.3 Å². The standard InChI is InChI=1S/C19H21NO3S/c1-12-10-16(13(2)24-12)19(22)23-11-18(21)20-17-9-5-7-14-6-3-4-8-15(14)17/h3-4,6,8,10,17H,5,7,9,11H2,1-2H3,(H,20,21)/t17-/m0/s1. The average molecular weight is 343 g/mol. The smallest absolute Gasteiger partial charge is 0.339 e. The third-order valence-electron chi connectivity index (χ3n) is 4.30. The molecule has 0 radical (unpaired) electrons. The first kappa shape index (κ1) is 16.7. The summed E-state index contributed by atoms with van der Waals surface area (Å²) in [5.41, 5.74) is 3.01. The molecule has 1 aliphatic carbocycles. The minimum Gasteiger partial charge on any atom is -0.452 e. The molecule has 1 N–H and O–H groups in total. The second-order valence-electron chi connectivity index (χ2n) is 6.11. The van der Waals surface area contributed by atoms with Crippen LogP contribution in [0.3, 0.4) is 0 Å². The van der Waals surface area contributed by atoms with Gasteiger partial charge in [0.1, 0.15) is 0 Å². The predicted molar refractivity (Wildman–Crippen MR) is 94.3 cm³/mol. The molecular weight excluding hydrogens is 322 g/mol. The van der Waals surface area contributed by atoms with E-state index in [-0.39, 0.29) is 18.6 Å². The van der Waals surface area contributed by atoms with Crippen molar-refractivity contribution in [2.24, 2.45) is 0 Å². The van der Waals surface area contributed by atoms with E-state index in [0.717, 1.165) is 29.0 Å². The van der Waals surface area contributed by atoms with E-state index in [2.05, 4.69) is 17.4 Å². The first-order valence-electron chi connectivity index (χ1n) is 8.16. The van der Waals surface area contributed by atoms with Gasteiger partial charge in [-0.3, -0.25) is 4.79 Å². The molecule has 126 valence electrons. The van der Waals surface area contributed by atoms with Crippen LogP contribution in [0, 0.1) is 13.8 Å². The van der Waals surface area contributed by atoms with Crippen molar-refractivity contribution in [1.29, 1.82) is 0 Å². The number of carbonyl (C=O) groups excluding carboxylic acids is 2. The van der Waals surface area contributed by atoms with Gasteiger partial charge in [-0.1, -0.05) is 24.3 Å². The van der Waals surface area contributed by atoms with Crippen LogP contribution in [0.5, 0.6) is 0 Å². The highest BCUT2D eigenvalue weighted by Gasteiger charge is 2.22. The minimum absolute atomic E-state index is 0.00581. The van der Waals surface area contributed by atoms with Gasteiger partial charge in [0.25, 0.3) is 5.91 Å². The monoisotopic (exact) mass is 343 g/mol. The summed E-state index contributed by atoms with van der Waals surface area (Å²) in [7, 11) is 0. The van der Waals surface area contributed by atoms with Crippen LogP contribution in [-0.4, -0.2) is 18.5 Å². The maximum atomic E-state index is 12.2. The number of nitrogens with one attached hydrogen (secondary N) is 1. The zero-order chi connectivity index (χ0) is 17.1. The molecule has 1 heterocycles. The van der Waals surface area contributed by atoms with E-state index in [0.29, 0.717) is 5.56 Å². The van der Waals surface area contributed by atoms with E-state index in [1.165, 1.54) is 11.1 Å². The average Bonchev–Trinajstić information content (AvgIpc) is 2.91. The van der Waals surface area contributed by atoms with E-state index >= 15 is 0 Å². The number of hydrogen-bond donors (Lipinski definition) is 1. The van der Waals surface area contributed by atoms with Crippen LogP contribution in [-0.2, 0) is 16.0 Å². The summed E-state index contributed by atoms with van der Waals surface area (Å²) in [5, 5.41) is 2.99. The van der Waals surface area contributed by atoms with Gasteiger partial charge in [-0.25, -0.2) is 4.79 Å². The number of ether oxygens (including phenoxy) is 1. The van der Waals surface area contributed by atoms with Gasteiger partial charge >= 0.3 is 5.97 Å². The number of aryl methyl sites for hydroxylation is 3. The molecule has 4 nitrogen and oxygen atoms in total. The highest BCUT2D eigenvalue weighted by Crippen LogP contribution is 2.29. The number of rotatable bonds is 4. The highest BCUT2D eigenvalue weighted by atomic mass is 32.1. The molecule has 0 bridgehead atoms. The van der Waals surface area contributed by atoms with Crippen LogP contribution in [0.25, 0.3) is 0 Å². The Labute approximate surface area is 145 Å². The predicted octanol–water partition coefficient (Wildman–Crippen LogP) is 3.72. The molecule has 5 heteroatoms. The lowest BCUT2D eigenvalue weighted by Crippen LogP contribution is -2.34. The van der Waals surface area contributed by atoms with E-state index in [4.69, 9.17) is 4.74 Å². The van der Waals surface area contributed by atoms with Crippen LogP contribution >= 0.6 is 11.3 Å². The van der Waals surface area contributed by atoms with Crippen molar-refractivity contribution in [1.82, 2.24) is 5.32 Å². The molecule has 1 aliphatic rings. The molecule has 0 fully saturated rings. The summed E-state index contributed by atoms with van der Waals surface area (Å²) in [6, 6.07) is 9.99. The maximum Gasteiger partial charge on any atom is 0.339 e. The first-order chi connectivity index (χ1) is 11.5. The number of amides is 1. The van der Waals surface area contributed by atoms with Crippen molar-refractivity contribution in [3.63, 3.8) is 0 Å². The number of hydrogen-bond acceptors (Lipinski definition) is 4. The Bertz CT molecular complexity index is 766. The van der Waals surface area contributed by atoms with E-state index in [9.17, 15) is 9.59 Å². The zero-order valence-corrected chi connectivity index (χ0v) is 14.7. The van der Waals surface area contributed by atoms with Crippen LogP contribution in [0.1, 0.15) is 50.1 Å². The van der Waals surface area contributed by atoms with E-state index in [1.807, 2.05) is 26.0 Å². The third-order valence-corrected chi connectivity index (χ3v) is 5.27. The Balaban J connectivity index is 1.57. The van der Waals surface area contributed by atoms with Gasteiger partial charge in [0.2, 0.25) is 0 Å². The quantitative estimate of drug-likeness (QED) is 0.861. The molecule has 1 aromatic carbocycles. The van der Waals surface area contributed by atoms with Crippen LogP contribution < -0.4 is 5.32 Å². The lowest BCUT2D eigenvalue weighted by atomic mass is 9.88. The number of carbonyl (C=O) groups is 2. The van der Waals surface area contributed by atoms with Crippen molar-refractivity contribution in [3.05, 3.63) is 56.8 Å². The number of thiophene rings is 1. The van der Waals surface area contributed by atoms with Gasteiger partial charge in [0.05, 0.1) is 11.6 Å². The summed E-state index contributed by atoms with van der Waals surface area (Å²) in [6.45, 7) is 3.58. The molecule has 0 saturated heterocycles. The highest BCUT2D eigenvalue weighted by molar-refractivity contribution is 7.12. The SMILES string of the molecule is Cc1cc(C(=O)OCC(=O)N[C@H]2CCCc3ccccc32)c(C)s1. The maximum absolute atomic E-state index is 12.2. The molecule has 3 rings (SSSR count). The Morgan fingerprint density at radius 3 is 2.83 bits per heavy atom. The molecule has 1 aromatic heterocycles.